The standard InChI is InChI=1S/C20H21N3O2/c21-19-11-23-20(25-19)12-22-18-10-17(18)15-6-8-16(9-7-15)24-13-14-4-2-1-3-5-14/h1-9,11,17-18,22H,10,12-13,21H2/t17-,18+/m1/s1. The highest BCUT2D eigenvalue weighted by Gasteiger charge is 2.37. The lowest BCUT2D eigenvalue weighted by atomic mass is 10.1. The molecule has 3 N–H and O–H groups in total. The Balaban J connectivity index is 1.26. The van der Waals surface area contributed by atoms with Gasteiger partial charge >= 0.3 is 0 Å². The van der Waals surface area contributed by atoms with Crippen LogP contribution in [-0.2, 0) is 13.2 Å². The summed E-state index contributed by atoms with van der Waals surface area (Å²) >= 11 is 0. The molecule has 2 aromatic carbocycles. The van der Waals surface area contributed by atoms with E-state index in [-0.39, 0.29) is 0 Å². The summed E-state index contributed by atoms with van der Waals surface area (Å²) in [6.07, 6.45) is 2.66. The molecule has 0 unspecified atom stereocenters. The number of rotatable bonds is 7. The molecule has 0 spiro atoms. The predicted octanol–water partition coefficient (Wildman–Crippen LogP) is 3.48. The van der Waals surface area contributed by atoms with Crippen molar-refractivity contribution in [3.8, 4) is 5.75 Å². The topological polar surface area (TPSA) is 73.3 Å². The maximum Gasteiger partial charge on any atom is 0.211 e. The zero-order valence-corrected chi connectivity index (χ0v) is 13.9. The van der Waals surface area contributed by atoms with E-state index >= 15 is 0 Å². The Bertz CT molecular complexity index is 814. The molecule has 0 bridgehead atoms. The van der Waals surface area contributed by atoms with E-state index in [9.17, 15) is 0 Å². The molecule has 5 nitrogen and oxygen atoms in total. The summed E-state index contributed by atoms with van der Waals surface area (Å²) < 4.78 is 11.1. The fraction of sp³-hybridized carbons (Fsp3) is 0.250. The molecule has 4 rings (SSSR count). The van der Waals surface area contributed by atoms with E-state index < -0.39 is 0 Å². The van der Waals surface area contributed by atoms with E-state index in [0.29, 0.717) is 36.9 Å². The zero-order chi connectivity index (χ0) is 17.1. The number of ether oxygens (including phenoxy) is 1. The molecule has 1 aliphatic rings. The lowest BCUT2D eigenvalue weighted by molar-refractivity contribution is 0.306. The Hall–Kier alpha value is -2.79. The summed E-state index contributed by atoms with van der Waals surface area (Å²) in [5.41, 5.74) is 8.03. The number of hydrogen-bond donors (Lipinski definition) is 2. The van der Waals surface area contributed by atoms with Crippen LogP contribution in [0.1, 0.15) is 29.4 Å². The first-order valence-electron chi connectivity index (χ1n) is 8.48. The SMILES string of the molecule is Nc1cnc(CN[C@H]2C[C@@H]2c2ccc(OCc3ccccc3)cc2)o1. The van der Waals surface area contributed by atoms with Gasteiger partial charge in [-0.05, 0) is 29.7 Å². The quantitative estimate of drug-likeness (QED) is 0.691. The van der Waals surface area contributed by atoms with E-state index in [4.69, 9.17) is 14.9 Å². The van der Waals surface area contributed by atoms with Gasteiger partial charge in [-0.15, -0.1) is 0 Å². The van der Waals surface area contributed by atoms with E-state index in [0.717, 1.165) is 12.2 Å². The summed E-state index contributed by atoms with van der Waals surface area (Å²) in [4.78, 5) is 4.10. The molecule has 1 fully saturated rings. The number of nitrogens with one attached hydrogen (secondary N) is 1. The third kappa shape index (κ3) is 4.00. The van der Waals surface area contributed by atoms with Crippen molar-refractivity contribution in [1.29, 1.82) is 0 Å². The summed E-state index contributed by atoms with van der Waals surface area (Å²) in [5, 5.41) is 3.45. The first-order valence-corrected chi connectivity index (χ1v) is 8.48. The van der Waals surface area contributed by atoms with Crippen molar-refractivity contribution in [2.45, 2.75) is 31.5 Å². The van der Waals surface area contributed by atoms with Crippen LogP contribution in [0.4, 0.5) is 5.88 Å². The van der Waals surface area contributed by atoms with Crippen LogP contribution in [0.15, 0.2) is 65.2 Å². The number of anilines is 1. The Morgan fingerprint density at radius 1 is 1.12 bits per heavy atom. The van der Waals surface area contributed by atoms with Crippen LogP contribution in [0.3, 0.4) is 0 Å². The highest BCUT2D eigenvalue weighted by Crippen LogP contribution is 2.41. The molecule has 128 valence electrons. The number of benzene rings is 2. The van der Waals surface area contributed by atoms with Crippen molar-refractivity contribution >= 4 is 5.88 Å². The van der Waals surface area contributed by atoms with E-state index in [1.54, 1.807) is 0 Å². The highest BCUT2D eigenvalue weighted by atomic mass is 16.5. The van der Waals surface area contributed by atoms with Gasteiger partial charge < -0.3 is 20.2 Å². The fourth-order valence-electron chi connectivity index (χ4n) is 2.97. The minimum atomic E-state index is 0.357. The highest BCUT2D eigenvalue weighted by molar-refractivity contribution is 5.34. The number of nitrogens with zero attached hydrogens (tertiary/aromatic N) is 1. The molecule has 1 saturated carbocycles. The lowest BCUT2D eigenvalue weighted by Gasteiger charge is -2.07. The second-order valence-electron chi connectivity index (χ2n) is 6.33. The van der Waals surface area contributed by atoms with Gasteiger partial charge in [0, 0.05) is 12.0 Å². The molecule has 0 amide bonds. The molecule has 3 aromatic rings. The Morgan fingerprint density at radius 3 is 2.64 bits per heavy atom. The predicted molar refractivity (Wildman–Crippen MR) is 96.1 cm³/mol. The van der Waals surface area contributed by atoms with Gasteiger partial charge in [0.2, 0.25) is 11.8 Å². The van der Waals surface area contributed by atoms with Gasteiger partial charge in [-0.3, -0.25) is 0 Å². The number of hydrogen-bond acceptors (Lipinski definition) is 5. The molecule has 0 radical (unpaired) electrons. The van der Waals surface area contributed by atoms with Crippen molar-refractivity contribution < 1.29 is 9.15 Å². The van der Waals surface area contributed by atoms with Gasteiger partial charge in [0.15, 0.2) is 0 Å². The molecule has 0 saturated heterocycles. The normalized spacial score (nSPS) is 18.9. The molecule has 1 aromatic heterocycles. The van der Waals surface area contributed by atoms with Gasteiger partial charge in [-0.2, -0.15) is 0 Å². The van der Waals surface area contributed by atoms with Gasteiger partial charge in [0.25, 0.3) is 0 Å². The molecular weight excluding hydrogens is 314 g/mol. The van der Waals surface area contributed by atoms with Gasteiger partial charge in [-0.1, -0.05) is 42.5 Å². The van der Waals surface area contributed by atoms with Crippen molar-refractivity contribution in [3.05, 3.63) is 77.8 Å². The Kier molecular flexibility index (Phi) is 4.39. The second kappa shape index (κ2) is 6.99. The van der Waals surface area contributed by atoms with Crippen molar-refractivity contribution in [1.82, 2.24) is 10.3 Å². The molecule has 0 aliphatic heterocycles. The zero-order valence-electron chi connectivity index (χ0n) is 13.9. The first kappa shape index (κ1) is 15.7. The lowest BCUT2D eigenvalue weighted by Crippen LogP contribution is -2.17. The maximum atomic E-state index is 5.83. The third-order valence-corrected chi connectivity index (χ3v) is 4.43. The van der Waals surface area contributed by atoms with Crippen LogP contribution >= 0.6 is 0 Å². The summed E-state index contributed by atoms with van der Waals surface area (Å²) in [5.74, 6) is 2.42. The minimum Gasteiger partial charge on any atom is -0.489 e. The van der Waals surface area contributed by atoms with Crippen LogP contribution in [0.5, 0.6) is 5.75 Å². The largest absolute Gasteiger partial charge is 0.489 e. The fourth-order valence-corrected chi connectivity index (χ4v) is 2.97. The van der Waals surface area contributed by atoms with Crippen LogP contribution in [0.2, 0.25) is 0 Å². The Morgan fingerprint density at radius 2 is 1.92 bits per heavy atom. The molecule has 1 heterocycles. The van der Waals surface area contributed by atoms with Gasteiger partial charge in [0.1, 0.15) is 12.4 Å². The van der Waals surface area contributed by atoms with Crippen molar-refractivity contribution in [2.75, 3.05) is 5.73 Å². The molecule has 2 atom stereocenters. The van der Waals surface area contributed by atoms with Crippen molar-refractivity contribution in [3.63, 3.8) is 0 Å². The van der Waals surface area contributed by atoms with Gasteiger partial charge in [0.05, 0.1) is 12.7 Å². The monoisotopic (exact) mass is 335 g/mol. The van der Waals surface area contributed by atoms with E-state index in [2.05, 4.69) is 34.6 Å². The second-order valence-corrected chi connectivity index (χ2v) is 6.33. The number of nitrogens with two attached hydrogens (primary N) is 1. The number of nitrogen functional groups attached to an aromatic ring is 1. The number of aromatic nitrogens is 1. The molecule has 5 heteroatoms. The average molecular weight is 335 g/mol. The van der Waals surface area contributed by atoms with E-state index in [1.807, 2.05) is 30.3 Å². The van der Waals surface area contributed by atoms with Crippen LogP contribution in [0, 0.1) is 0 Å². The van der Waals surface area contributed by atoms with E-state index in [1.165, 1.54) is 17.3 Å². The molecule has 1 aliphatic carbocycles. The summed E-state index contributed by atoms with van der Waals surface area (Å²) in [6, 6.07) is 19.0. The summed E-state index contributed by atoms with van der Waals surface area (Å²) in [6.45, 7) is 1.20. The van der Waals surface area contributed by atoms with Crippen LogP contribution < -0.4 is 15.8 Å². The minimum absolute atomic E-state index is 0.357. The van der Waals surface area contributed by atoms with Gasteiger partial charge in [-0.25, -0.2) is 4.98 Å². The van der Waals surface area contributed by atoms with Crippen LogP contribution in [-0.4, -0.2) is 11.0 Å². The molecular formula is C20H21N3O2. The number of oxazole rings is 1. The first-order chi connectivity index (χ1) is 12.3. The average Bonchev–Trinajstić information content (AvgIpc) is 3.32. The summed E-state index contributed by atoms with van der Waals surface area (Å²) in [7, 11) is 0. The van der Waals surface area contributed by atoms with Crippen molar-refractivity contribution in [2.24, 2.45) is 0 Å². The Labute approximate surface area is 146 Å². The third-order valence-electron chi connectivity index (χ3n) is 4.43. The maximum absolute atomic E-state index is 5.83. The smallest absolute Gasteiger partial charge is 0.211 e. The van der Waals surface area contributed by atoms with Crippen LogP contribution in [0.25, 0.3) is 0 Å². The molecule has 25 heavy (non-hydrogen) atoms.